The molecule has 27 heavy (non-hydrogen) atoms. The molecule has 0 spiro atoms. The molecular formula is C20H20ClN3O3. The molecule has 1 fully saturated rings. The van der Waals surface area contributed by atoms with Gasteiger partial charge >= 0.3 is 0 Å². The van der Waals surface area contributed by atoms with Gasteiger partial charge in [0.2, 0.25) is 5.91 Å². The fourth-order valence-electron chi connectivity index (χ4n) is 4.00. The highest BCUT2D eigenvalue weighted by Gasteiger charge is 2.48. The van der Waals surface area contributed by atoms with Gasteiger partial charge in [0.25, 0.3) is 5.91 Å². The van der Waals surface area contributed by atoms with E-state index in [0.29, 0.717) is 24.5 Å². The van der Waals surface area contributed by atoms with Gasteiger partial charge in [0.05, 0.1) is 5.41 Å². The van der Waals surface area contributed by atoms with Gasteiger partial charge in [-0.25, -0.2) is 10.5 Å². The topological polar surface area (TPSA) is 82.5 Å². The lowest BCUT2D eigenvalue weighted by atomic mass is 9.63. The number of nitrogens with zero attached hydrogens (tertiary/aromatic N) is 2. The fourth-order valence-corrected chi connectivity index (χ4v) is 4.13. The second-order valence-electron chi connectivity index (χ2n) is 7.16. The van der Waals surface area contributed by atoms with Crippen LogP contribution in [-0.2, 0) is 23.2 Å². The number of carbonyl (C=O) groups excluding carboxylic acids is 2. The minimum atomic E-state index is -0.632. The van der Waals surface area contributed by atoms with Crippen LogP contribution >= 0.6 is 11.6 Å². The van der Waals surface area contributed by atoms with E-state index in [1.807, 2.05) is 35.2 Å². The van der Waals surface area contributed by atoms with Crippen LogP contribution in [0.2, 0.25) is 5.02 Å². The number of carbonyl (C=O) groups is 2. The molecule has 2 N–H and O–H groups in total. The standard InChI is InChI=1S/C20H20ClN3O3/c21-15-5-3-14(4-6-15)20(9-1-10-20)19(26)24-11-8-16-13(12-24)2-7-17(22-16)18(25)23-27/h2-7,27H,1,8-12H2,(H,23,25). The van der Waals surface area contributed by atoms with Crippen molar-refractivity contribution in [3.05, 3.63) is 63.9 Å². The van der Waals surface area contributed by atoms with Gasteiger partial charge in [-0.05, 0) is 42.2 Å². The van der Waals surface area contributed by atoms with Crippen LogP contribution in [0.3, 0.4) is 0 Å². The number of amides is 2. The maximum absolute atomic E-state index is 13.4. The molecule has 1 aliphatic carbocycles. The van der Waals surface area contributed by atoms with E-state index in [0.717, 1.165) is 36.1 Å². The summed E-state index contributed by atoms with van der Waals surface area (Å²) in [7, 11) is 0. The number of nitrogens with one attached hydrogen (secondary N) is 1. The molecule has 2 amide bonds. The van der Waals surface area contributed by atoms with Crippen molar-refractivity contribution in [2.45, 2.75) is 37.6 Å². The Balaban J connectivity index is 1.57. The first-order valence-electron chi connectivity index (χ1n) is 9.02. The maximum atomic E-state index is 13.4. The summed E-state index contributed by atoms with van der Waals surface area (Å²) in [6.45, 7) is 1.05. The predicted molar refractivity (Wildman–Crippen MR) is 99.6 cm³/mol. The molecule has 1 saturated carbocycles. The molecular weight excluding hydrogens is 366 g/mol. The van der Waals surface area contributed by atoms with Crippen molar-refractivity contribution in [2.24, 2.45) is 0 Å². The van der Waals surface area contributed by atoms with E-state index >= 15 is 0 Å². The van der Waals surface area contributed by atoms with Crippen molar-refractivity contribution >= 4 is 23.4 Å². The zero-order chi connectivity index (χ0) is 19.0. The number of benzene rings is 1. The Morgan fingerprint density at radius 2 is 1.89 bits per heavy atom. The van der Waals surface area contributed by atoms with Crippen LogP contribution in [0.5, 0.6) is 0 Å². The average molecular weight is 386 g/mol. The van der Waals surface area contributed by atoms with Crippen LogP contribution in [0.25, 0.3) is 0 Å². The molecule has 1 aromatic heterocycles. The van der Waals surface area contributed by atoms with Gasteiger partial charge in [-0.1, -0.05) is 36.2 Å². The summed E-state index contributed by atoms with van der Waals surface area (Å²) in [5.74, 6) is -0.480. The second-order valence-corrected chi connectivity index (χ2v) is 7.60. The van der Waals surface area contributed by atoms with Crippen LogP contribution in [0.4, 0.5) is 0 Å². The highest BCUT2D eigenvalue weighted by molar-refractivity contribution is 6.30. The summed E-state index contributed by atoms with van der Waals surface area (Å²) in [6, 6.07) is 11.0. The Bertz CT molecular complexity index is 894. The van der Waals surface area contributed by atoms with Gasteiger partial charge in [0, 0.05) is 30.2 Å². The Hall–Kier alpha value is -2.44. The van der Waals surface area contributed by atoms with Crippen LogP contribution in [-0.4, -0.2) is 33.5 Å². The van der Waals surface area contributed by atoms with Crippen LogP contribution in [0, 0.1) is 0 Å². The minimum absolute atomic E-state index is 0.152. The third kappa shape index (κ3) is 3.09. The van der Waals surface area contributed by atoms with Gasteiger partial charge in [-0.2, -0.15) is 0 Å². The van der Waals surface area contributed by atoms with E-state index < -0.39 is 11.3 Å². The van der Waals surface area contributed by atoms with Crippen molar-refractivity contribution in [3.8, 4) is 0 Å². The Kier molecular flexibility index (Phi) is 4.61. The van der Waals surface area contributed by atoms with Gasteiger partial charge < -0.3 is 4.90 Å². The lowest BCUT2D eigenvalue weighted by Crippen LogP contribution is -2.52. The van der Waals surface area contributed by atoms with Crippen molar-refractivity contribution in [2.75, 3.05) is 6.54 Å². The third-order valence-corrected chi connectivity index (χ3v) is 5.93. The van der Waals surface area contributed by atoms with E-state index in [1.54, 1.807) is 11.5 Å². The van der Waals surface area contributed by atoms with Crippen molar-refractivity contribution in [1.29, 1.82) is 0 Å². The minimum Gasteiger partial charge on any atom is -0.337 e. The zero-order valence-corrected chi connectivity index (χ0v) is 15.5. The molecule has 0 bridgehead atoms. The van der Waals surface area contributed by atoms with Gasteiger partial charge in [0.1, 0.15) is 5.69 Å². The van der Waals surface area contributed by atoms with Crippen molar-refractivity contribution in [1.82, 2.24) is 15.4 Å². The monoisotopic (exact) mass is 385 g/mol. The first kappa shape index (κ1) is 17.9. The molecule has 1 aromatic carbocycles. The molecule has 2 aliphatic rings. The van der Waals surface area contributed by atoms with Crippen molar-refractivity contribution < 1.29 is 14.8 Å². The fraction of sp³-hybridized carbons (Fsp3) is 0.350. The number of rotatable bonds is 3. The Labute approximate surface area is 162 Å². The summed E-state index contributed by atoms with van der Waals surface area (Å²) >= 11 is 6.01. The lowest BCUT2D eigenvalue weighted by Gasteiger charge is -2.45. The molecule has 0 radical (unpaired) electrons. The Morgan fingerprint density at radius 1 is 1.15 bits per heavy atom. The largest absolute Gasteiger partial charge is 0.337 e. The summed E-state index contributed by atoms with van der Waals surface area (Å²) < 4.78 is 0. The first-order chi connectivity index (χ1) is 13.0. The number of pyridine rings is 1. The molecule has 1 aliphatic heterocycles. The van der Waals surface area contributed by atoms with E-state index in [-0.39, 0.29) is 11.6 Å². The second kappa shape index (κ2) is 6.94. The van der Waals surface area contributed by atoms with Crippen molar-refractivity contribution in [3.63, 3.8) is 0 Å². The first-order valence-corrected chi connectivity index (χ1v) is 9.40. The van der Waals surface area contributed by atoms with E-state index in [1.165, 1.54) is 0 Å². The summed E-state index contributed by atoms with van der Waals surface area (Å²) in [5, 5.41) is 9.42. The molecule has 0 unspecified atom stereocenters. The summed E-state index contributed by atoms with van der Waals surface area (Å²) in [4.78, 5) is 31.1. The molecule has 4 rings (SSSR count). The Morgan fingerprint density at radius 3 is 2.52 bits per heavy atom. The molecule has 2 heterocycles. The third-order valence-electron chi connectivity index (χ3n) is 5.68. The van der Waals surface area contributed by atoms with Gasteiger partial charge in [0.15, 0.2) is 0 Å². The SMILES string of the molecule is O=C(NO)c1ccc2c(n1)CCN(C(=O)C1(c3ccc(Cl)cc3)CCC1)C2. The molecule has 7 heteroatoms. The quantitative estimate of drug-likeness (QED) is 0.628. The highest BCUT2D eigenvalue weighted by Crippen LogP contribution is 2.46. The molecule has 2 aromatic rings. The number of hydrogen-bond donors (Lipinski definition) is 2. The zero-order valence-electron chi connectivity index (χ0n) is 14.7. The van der Waals surface area contributed by atoms with Crippen LogP contribution < -0.4 is 5.48 Å². The molecule has 6 nitrogen and oxygen atoms in total. The number of hydroxylamine groups is 1. The normalized spacial score (nSPS) is 17.6. The maximum Gasteiger partial charge on any atom is 0.293 e. The summed E-state index contributed by atoms with van der Waals surface area (Å²) in [6.07, 6.45) is 3.33. The van der Waals surface area contributed by atoms with E-state index in [4.69, 9.17) is 16.8 Å². The van der Waals surface area contributed by atoms with Crippen LogP contribution in [0.15, 0.2) is 36.4 Å². The average Bonchev–Trinajstić information content (AvgIpc) is 2.67. The number of hydrogen-bond acceptors (Lipinski definition) is 4. The molecule has 0 saturated heterocycles. The predicted octanol–water partition coefficient (Wildman–Crippen LogP) is 2.86. The molecule has 0 atom stereocenters. The highest BCUT2D eigenvalue weighted by atomic mass is 35.5. The lowest BCUT2D eigenvalue weighted by molar-refractivity contribution is -0.142. The smallest absolute Gasteiger partial charge is 0.293 e. The summed E-state index contributed by atoms with van der Waals surface area (Å²) in [5.41, 5.74) is 4.09. The van der Waals surface area contributed by atoms with Gasteiger partial charge in [-0.15, -0.1) is 0 Å². The van der Waals surface area contributed by atoms with E-state index in [9.17, 15) is 9.59 Å². The van der Waals surface area contributed by atoms with Crippen LogP contribution in [0.1, 0.15) is 46.6 Å². The number of fused-ring (bicyclic) bond motifs is 1. The van der Waals surface area contributed by atoms with Gasteiger partial charge in [-0.3, -0.25) is 14.8 Å². The number of aromatic nitrogens is 1. The number of halogens is 1. The molecule has 140 valence electrons. The van der Waals surface area contributed by atoms with E-state index in [2.05, 4.69) is 4.98 Å².